The predicted molar refractivity (Wildman–Crippen MR) is 151 cm³/mol. The van der Waals surface area contributed by atoms with Crippen molar-refractivity contribution in [3.8, 4) is 0 Å². The lowest BCUT2D eigenvalue weighted by Gasteiger charge is -2.35. The lowest BCUT2D eigenvalue weighted by Crippen LogP contribution is -2.67. The lowest BCUT2D eigenvalue weighted by atomic mass is 9.97. The van der Waals surface area contributed by atoms with Crippen molar-refractivity contribution >= 4 is 56.4 Å². The number of anilines is 2. The Kier molecular flexibility index (Phi) is 10.1. The van der Waals surface area contributed by atoms with Crippen molar-refractivity contribution in [2.75, 3.05) is 24.9 Å². The van der Waals surface area contributed by atoms with Crippen molar-refractivity contribution in [1.29, 1.82) is 0 Å². The lowest BCUT2D eigenvalue weighted by molar-refractivity contribution is -0.345. The molecular formula is C28H28F8N2O6S2. The monoisotopic (exact) mass is 704 g/mol. The molecule has 0 saturated heterocycles. The van der Waals surface area contributed by atoms with Crippen LogP contribution in [0.2, 0.25) is 0 Å². The maximum absolute atomic E-state index is 14.9. The summed E-state index contributed by atoms with van der Waals surface area (Å²) < 4.78 is 128. The minimum Gasteiger partial charge on any atom is -0.465 e. The molecule has 254 valence electrons. The summed E-state index contributed by atoms with van der Waals surface area (Å²) in [6.07, 6.45) is 4.93. The molecule has 46 heavy (non-hydrogen) atoms. The van der Waals surface area contributed by atoms with Gasteiger partial charge in [-0.15, -0.1) is 22.7 Å². The molecule has 0 atom stereocenters. The van der Waals surface area contributed by atoms with Crippen molar-refractivity contribution in [2.24, 2.45) is 0 Å². The zero-order chi connectivity index (χ0) is 34.2. The van der Waals surface area contributed by atoms with Crippen LogP contribution < -0.4 is 10.6 Å². The first-order valence-corrected chi connectivity index (χ1v) is 15.7. The van der Waals surface area contributed by atoms with E-state index < -0.39 is 68.6 Å². The van der Waals surface area contributed by atoms with Crippen LogP contribution in [0.4, 0.5) is 45.1 Å². The number of carbonyl (C=O) groups is 4. The summed E-state index contributed by atoms with van der Waals surface area (Å²) in [6.45, 7) is 0. The van der Waals surface area contributed by atoms with Crippen LogP contribution in [-0.4, -0.2) is 61.7 Å². The quantitative estimate of drug-likeness (QED) is 0.165. The summed E-state index contributed by atoms with van der Waals surface area (Å²) in [5.41, 5.74) is -0.288. The number of halogens is 8. The van der Waals surface area contributed by atoms with Crippen LogP contribution in [0.15, 0.2) is 0 Å². The van der Waals surface area contributed by atoms with Gasteiger partial charge in [-0.1, -0.05) is 12.8 Å². The Morgan fingerprint density at radius 1 is 0.565 bits per heavy atom. The topological polar surface area (TPSA) is 111 Å². The number of rotatable bonds is 9. The number of alkyl halides is 8. The number of nitrogens with one attached hydrogen (secondary N) is 2. The molecule has 2 heterocycles. The van der Waals surface area contributed by atoms with Gasteiger partial charge in [0.15, 0.2) is 0 Å². The first kappa shape index (κ1) is 35.6. The van der Waals surface area contributed by atoms with E-state index in [2.05, 4.69) is 9.47 Å². The van der Waals surface area contributed by atoms with E-state index in [1.807, 2.05) is 0 Å². The first-order chi connectivity index (χ1) is 21.4. The van der Waals surface area contributed by atoms with Crippen molar-refractivity contribution in [2.45, 2.75) is 87.9 Å². The number of hydrogen-bond donors (Lipinski definition) is 2. The predicted octanol–water partition coefficient (Wildman–Crippen LogP) is 7.04. The summed E-state index contributed by atoms with van der Waals surface area (Å²) in [5, 5.41) is 1.23. The summed E-state index contributed by atoms with van der Waals surface area (Å²) in [4.78, 5) is 50.5. The average molecular weight is 705 g/mol. The van der Waals surface area contributed by atoms with Gasteiger partial charge in [-0.2, -0.15) is 35.1 Å². The van der Waals surface area contributed by atoms with E-state index in [0.29, 0.717) is 82.1 Å². The highest BCUT2D eigenvalue weighted by atomic mass is 32.1. The maximum atomic E-state index is 14.9. The van der Waals surface area contributed by atoms with Crippen molar-refractivity contribution < 1.29 is 63.8 Å². The third-order valence-corrected chi connectivity index (χ3v) is 10.2. The molecule has 2 aromatic heterocycles. The average Bonchev–Trinajstić information content (AvgIpc) is 3.28. The largest absolute Gasteiger partial charge is 0.465 e. The van der Waals surface area contributed by atoms with Gasteiger partial charge in [-0.05, 0) is 62.5 Å². The van der Waals surface area contributed by atoms with Crippen molar-refractivity contribution in [1.82, 2.24) is 0 Å². The van der Waals surface area contributed by atoms with E-state index in [4.69, 9.17) is 0 Å². The Labute approximate surface area is 264 Å². The second-order valence-corrected chi connectivity index (χ2v) is 12.9. The number of esters is 2. The Morgan fingerprint density at radius 3 is 1.22 bits per heavy atom. The molecule has 0 saturated carbocycles. The number of methoxy groups -OCH3 is 2. The SMILES string of the molecule is COC(=O)c1c(NC(=O)C(F)(F)C(F)(F)C(F)(F)C(F)(F)C(=O)Nc2sc3c(c2C(=O)OC)CCCCC3)sc2c1CCCCC2. The normalized spacial score (nSPS) is 16.0. The Morgan fingerprint density at radius 2 is 0.891 bits per heavy atom. The third kappa shape index (κ3) is 5.97. The van der Waals surface area contributed by atoms with Crippen LogP contribution in [-0.2, 0) is 44.7 Å². The van der Waals surface area contributed by atoms with E-state index in [1.54, 1.807) is 0 Å². The second kappa shape index (κ2) is 13.1. The summed E-state index contributed by atoms with van der Waals surface area (Å²) in [7, 11) is 1.85. The van der Waals surface area contributed by atoms with Gasteiger partial charge in [0, 0.05) is 9.75 Å². The summed E-state index contributed by atoms with van der Waals surface area (Å²) in [6, 6.07) is 0. The van der Waals surface area contributed by atoms with E-state index >= 15 is 0 Å². The molecule has 0 aromatic carbocycles. The van der Waals surface area contributed by atoms with Crippen LogP contribution in [0.5, 0.6) is 0 Å². The number of ether oxygens (including phenoxy) is 2. The molecule has 2 amide bonds. The van der Waals surface area contributed by atoms with E-state index in [1.165, 1.54) is 10.6 Å². The van der Waals surface area contributed by atoms with Crippen LogP contribution in [0.3, 0.4) is 0 Å². The molecule has 0 fully saturated rings. The number of amides is 2. The van der Waals surface area contributed by atoms with E-state index in [0.717, 1.165) is 27.1 Å². The molecule has 0 aliphatic heterocycles. The summed E-state index contributed by atoms with van der Waals surface area (Å²) in [5.74, 6) is -35.9. The standard InChI is InChI=1S/C28H28F8N2O6S2/c1-43-21(39)17-13-9-5-3-7-11-15(13)45-19(17)37-23(41)25(29,30)27(33,34)28(35,36)26(31,32)24(42)38-20-18(22(40)44-2)14-10-6-4-8-12-16(14)46-20/h3-12H2,1-2H3,(H,37,41)(H,38,42). The first-order valence-electron chi connectivity index (χ1n) is 14.0. The molecule has 2 aromatic rings. The molecule has 2 aliphatic rings. The Hall–Kier alpha value is -3.28. The zero-order valence-corrected chi connectivity index (χ0v) is 26.0. The number of thiophene rings is 2. The fraction of sp³-hybridized carbons (Fsp3) is 0.571. The Balaban J connectivity index is 1.63. The highest BCUT2D eigenvalue weighted by Gasteiger charge is 2.84. The maximum Gasteiger partial charge on any atom is 0.393 e. The molecule has 0 radical (unpaired) electrons. The number of hydrogen-bond acceptors (Lipinski definition) is 8. The molecule has 4 rings (SSSR count). The summed E-state index contributed by atoms with van der Waals surface area (Å²) >= 11 is 1.13. The number of fused-ring (bicyclic) bond motifs is 2. The van der Waals surface area contributed by atoms with Gasteiger partial charge in [0.2, 0.25) is 0 Å². The fourth-order valence-corrected chi connectivity index (χ4v) is 7.89. The van der Waals surface area contributed by atoms with Gasteiger partial charge in [0.1, 0.15) is 10.0 Å². The minimum atomic E-state index is -7.15. The molecule has 0 spiro atoms. The number of aryl methyl sites for hydroxylation is 2. The van der Waals surface area contributed by atoms with Gasteiger partial charge in [-0.3, -0.25) is 9.59 Å². The molecule has 2 aliphatic carbocycles. The Bertz CT molecular complexity index is 1430. The molecule has 0 bridgehead atoms. The minimum absolute atomic E-state index is 0.239. The second-order valence-electron chi connectivity index (χ2n) is 10.7. The third-order valence-electron chi connectivity index (χ3n) is 7.83. The molecule has 18 heteroatoms. The van der Waals surface area contributed by atoms with Crippen molar-refractivity contribution in [3.05, 3.63) is 32.0 Å². The highest BCUT2D eigenvalue weighted by molar-refractivity contribution is 7.17. The molecule has 0 unspecified atom stereocenters. The zero-order valence-electron chi connectivity index (χ0n) is 24.4. The number of carbonyl (C=O) groups excluding carboxylic acids is 4. The van der Waals surface area contributed by atoms with Crippen LogP contribution in [0, 0.1) is 0 Å². The highest BCUT2D eigenvalue weighted by Crippen LogP contribution is 2.54. The van der Waals surface area contributed by atoms with Gasteiger partial charge in [-0.25, -0.2) is 9.59 Å². The van der Waals surface area contributed by atoms with Gasteiger partial charge in [0.25, 0.3) is 0 Å². The van der Waals surface area contributed by atoms with Gasteiger partial charge >= 0.3 is 47.4 Å². The van der Waals surface area contributed by atoms with Gasteiger partial charge < -0.3 is 20.1 Å². The van der Waals surface area contributed by atoms with E-state index in [9.17, 15) is 54.3 Å². The molecule has 8 nitrogen and oxygen atoms in total. The smallest absolute Gasteiger partial charge is 0.393 e. The molecular weight excluding hydrogens is 676 g/mol. The van der Waals surface area contributed by atoms with E-state index in [-0.39, 0.29) is 12.8 Å². The molecule has 2 N–H and O–H groups in total. The van der Waals surface area contributed by atoms with Crippen LogP contribution in [0.1, 0.15) is 80.1 Å². The van der Waals surface area contributed by atoms with Crippen molar-refractivity contribution in [3.63, 3.8) is 0 Å². The van der Waals surface area contributed by atoms with Crippen LogP contribution >= 0.6 is 22.7 Å². The fourth-order valence-electron chi connectivity index (χ4n) is 5.34. The van der Waals surface area contributed by atoms with Crippen LogP contribution in [0.25, 0.3) is 0 Å². The van der Waals surface area contributed by atoms with Gasteiger partial charge in [0.05, 0.1) is 25.3 Å².